The van der Waals surface area contributed by atoms with Crippen LogP contribution >= 0.6 is 0 Å². The standard InChI is InChI=1S/C21H16N2O3/c22-20(24)16-9-5-4-8-15(16)19-18-14(10-11-26-21(18)25)12-17(23-19)13-6-2-1-3-7-13/h1-9,12H,10-11H2,(H2,22,24). The van der Waals surface area contributed by atoms with Gasteiger partial charge in [-0.25, -0.2) is 9.78 Å². The molecular formula is C21H16N2O3. The van der Waals surface area contributed by atoms with Crippen LogP contribution in [-0.4, -0.2) is 23.5 Å². The van der Waals surface area contributed by atoms with Crippen molar-refractivity contribution in [3.63, 3.8) is 0 Å². The number of carbonyl (C=O) groups is 2. The van der Waals surface area contributed by atoms with Gasteiger partial charge in [0, 0.05) is 23.1 Å². The van der Waals surface area contributed by atoms with Crippen LogP contribution in [0.3, 0.4) is 0 Å². The van der Waals surface area contributed by atoms with Crippen LogP contribution in [0.25, 0.3) is 22.5 Å². The molecule has 1 aromatic heterocycles. The van der Waals surface area contributed by atoms with Gasteiger partial charge < -0.3 is 10.5 Å². The number of esters is 1. The zero-order valence-electron chi connectivity index (χ0n) is 13.9. The third-order valence-electron chi connectivity index (χ3n) is 4.43. The van der Waals surface area contributed by atoms with E-state index in [9.17, 15) is 9.59 Å². The lowest BCUT2D eigenvalue weighted by Crippen LogP contribution is -2.21. The minimum absolute atomic E-state index is 0.325. The normalized spacial score (nSPS) is 13.0. The summed E-state index contributed by atoms with van der Waals surface area (Å²) in [5.74, 6) is -0.988. The van der Waals surface area contributed by atoms with Crippen molar-refractivity contribution in [1.29, 1.82) is 0 Å². The number of primary amides is 1. The van der Waals surface area contributed by atoms with E-state index in [2.05, 4.69) is 0 Å². The van der Waals surface area contributed by atoms with Gasteiger partial charge in [-0.15, -0.1) is 0 Å². The number of fused-ring (bicyclic) bond motifs is 1. The number of amides is 1. The first kappa shape index (κ1) is 16.0. The maximum absolute atomic E-state index is 12.4. The highest BCUT2D eigenvalue weighted by Gasteiger charge is 2.27. The van der Waals surface area contributed by atoms with Crippen molar-refractivity contribution in [3.05, 3.63) is 77.4 Å². The molecule has 3 aromatic rings. The summed E-state index contributed by atoms with van der Waals surface area (Å²) in [6, 6.07) is 18.5. The number of hydrogen-bond acceptors (Lipinski definition) is 4. The number of pyridine rings is 1. The van der Waals surface area contributed by atoms with Gasteiger partial charge >= 0.3 is 5.97 Å². The molecule has 5 heteroatoms. The van der Waals surface area contributed by atoms with E-state index in [1.54, 1.807) is 24.3 Å². The summed E-state index contributed by atoms with van der Waals surface area (Å²) >= 11 is 0. The fourth-order valence-electron chi connectivity index (χ4n) is 3.20. The first-order chi connectivity index (χ1) is 12.6. The van der Waals surface area contributed by atoms with Gasteiger partial charge in [-0.2, -0.15) is 0 Å². The van der Waals surface area contributed by atoms with Crippen molar-refractivity contribution >= 4 is 11.9 Å². The van der Waals surface area contributed by atoms with Gasteiger partial charge in [0.15, 0.2) is 0 Å². The Labute approximate surface area is 150 Å². The average molecular weight is 344 g/mol. The summed E-state index contributed by atoms with van der Waals surface area (Å²) in [6.07, 6.45) is 0.606. The molecule has 2 heterocycles. The Morgan fingerprint density at radius 3 is 2.54 bits per heavy atom. The van der Waals surface area contributed by atoms with E-state index in [0.717, 1.165) is 16.8 Å². The lowest BCUT2D eigenvalue weighted by Gasteiger charge is -2.20. The fourth-order valence-corrected chi connectivity index (χ4v) is 3.20. The van der Waals surface area contributed by atoms with Crippen LogP contribution in [0.1, 0.15) is 26.3 Å². The van der Waals surface area contributed by atoms with E-state index < -0.39 is 11.9 Å². The number of carbonyl (C=O) groups excluding carboxylic acids is 2. The first-order valence-corrected chi connectivity index (χ1v) is 8.31. The number of cyclic esters (lactones) is 1. The third kappa shape index (κ3) is 2.73. The molecule has 2 aromatic carbocycles. The van der Waals surface area contributed by atoms with Gasteiger partial charge in [0.1, 0.15) is 0 Å². The third-order valence-corrected chi connectivity index (χ3v) is 4.43. The molecule has 0 saturated heterocycles. The molecule has 0 spiro atoms. The van der Waals surface area contributed by atoms with Gasteiger partial charge in [0.05, 0.1) is 23.6 Å². The molecule has 0 bridgehead atoms. The summed E-state index contributed by atoms with van der Waals surface area (Å²) in [4.78, 5) is 29.0. The van der Waals surface area contributed by atoms with Gasteiger partial charge in [-0.1, -0.05) is 48.5 Å². The van der Waals surface area contributed by atoms with Crippen molar-refractivity contribution in [3.8, 4) is 22.5 Å². The summed E-state index contributed by atoms with van der Waals surface area (Å²) in [5, 5.41) is 0. The van der Waals surface area contributed by atoms with Crippen molar-refractivity contribution < 1.29 is 14.3 Å². The molecule has 1 aliphatic heterocycles. The lowest BCUT2D eigenvalue weighted by molar-refractivity contribution is 0.0480. The minimum Gasteiger partial charge on any atom is -0.462 e. The van der Waals surface area contributed by atoms with Gasteiger partial charge in [0.2, 0.25) is 5.91 Å². The minimum atomic E-state index is -0.564. The van der Waals surface area contributed by atoms with Gasteiger partial charge in [-0.05, 0) is 17.7 Å². The van der Waals surface area contributed by atoms with Crippen molar-refractivity contribution in [2.24, 2.45) is 5.73 Å². The molecule has 0 unspecified atom stereocenters. The van der Waals surface area contributed by atoms with Crippen LogP contribution in [0.4, 0.5) is 0 Å². The predicted molar refractivity (Wildman–Crippen MR) is 97.6 cm³/mol. The second kappa shape index (κ2) is 6.44. The van der Waals surface area contributed by atoms with Crippen LogP contribution < -0.4 is 5.73 Å². The van der Waals surface area contributed by atoms with Crippen molar-refractivity contribution in [1.82, 2.24) is 4.98 Å². The van der Waals surface area contributed by atoms with E-state index in [4.69, 9.17) is 15.5 Å². The van der Waals surface area contributed by atoms with E-state index in [0.29, 0.717) is 35.4 Å². The number of ether oxygens (including phenoxy) is 1. The van der Waals surface area contributed by atoms with E-state index >= 15 is 0 Å². The Morgan fingerprint density at radius 2 is 1.77 bits per heavy atom. The van der Waals surface area contributed by atoms with E-state index in [-0.39, 0.29) is 0 Å². The number of nitrogens with two attached hydrogens (primary N) is 1. The molecule has 128 valence electrons. The quantitative estimate of drug-likeness (QED) is 0.740. The highest BCUT2D eigenvalue weighted by atomic mass is 16.5. The SMILES string of the molecule is NC(=O)c1ccccc1-c1nc(-c2ccccc2)cc2c1C(=O)OCC2. The molecule has 4 rings (SSSR count). The number of rotatable bonds is 3. The molecule has 26 heavy (non-hydrogen) atoms. The zero-order chi connectivity index (χ0) is 18.1. The molecule has 0 saturated carbocycles. The molecule has 2 N–H and O–H groups in total. The van der Waals surface area contributed by atoms with Gasteiger partial charge in [-0.3, -0.25) is 4.79 Å². The summed E-state index contributed by atoms with van der Waals surface area (Å²) in [7, 11) is 0. The Hall–Kier alpha value is -3.47. The Kier molecular flexibility index (Phi) is 3.97. The molecule has 0 fully saturated rings. The molecule has 0 aliphatic carbocycles. The summed E-state index contributed by atoms with van der Waals surface area (Å²) < 4.78 is 5.22. The Balaban J connectivity index is 2.02. The van der Waals surface area contributed by atoms with Crippen LogP contribution in [-0.2, 0) is 11.2 Å². The number of benzene rings is 2. The smallest absolute Gasteiger partial charge is 0.340 e. The molecule has 1 aliphatic rings. The zero-order valence-corrected chi connectivity index (χ0v) is 13.9. The van der Waals surface area contributed by atoms with Crippen molar-refractivity contribution in [2.75, 3.05) is 6.61 Å². The summed E-state index contributed by atoms with van der Waals surface area (Å²) in [6.45, 7) is 0.334. The highest BCUT2D eigenvalue weighted by Crippen LogP contribution is 2.33. The molecular weight excluding hydrogens is 328 g/mol. The molecule has 1 amide bonds. The van der Waals surface area contributed by atoms with Crippen LogP contribution in [0, 0.1) is 0 Å². The number of aromatic nitrogens is 1. The van der Waals surface area contributed by atoms with Crippen LogP contribution in [0.15, 0.2) is 60.7 Å². The predicted octanol–water partition coefficient (Wildman–Crippen LogP) is 3.23. The van der Waals surface area contributed by atoms with E-state index in [1.807, 2.05) is 36.4 Å². The Morgan fingerprint density at radius 1 is 1.04 bits per heavy atom. The van der Waals surface area contributed by atoms with Gasteiger partial charge in [0.25, 0.3) is 0 Å². The maximum Gasteiger partial charge on any atom is 0.340 e. The van der Waals surface area contributed by atoms with Crippen molar-refractivity contribution in [2.45, 2.75) is 6.42 Å². The summed E-state index contributed by atoms with van der Waals surface area (Å²) in [5.41, 5.74) is 9.77. The average Bonchev–Trinajstić information content (AvgIpc) is 2.68. The maximum atomic E-state index is 12.4. The second-order valence-corrected chi connectivity index (χ2v) is 6.05. The molecule has 0 atom stereocenters. The molecule has 5 nitrogen and oxygen atoms in total. The first-order valence-electron chi connectivity index (χ1n) is 8.31. The second-order valence-electron chi connectivity index (χ2n) is 6.05. The fraction of sp³-hybridized carbons (Fsp3) is 0.0952. The molecule has 0 radical (unpaired) electrons. The van der Waals surface area contributed by atoms with Crippen LogP contribution in [0.2, 0.25) is 0 Å². The van der Waals surface area contributed by atoms with E-state index in [1.165, 1.54) is 0 Å². The Bertz CT molecular complexity index is 1010. The largest absolute Gasteiger partial charge is 0.462 e. The lowest BCUT2D eigenvalue weighted by atomic mass is 9.93. The number of nitrogens with zero attached hydrogens (tertiary/aromatic N) is 1. The highest BCUT2D eigenvalue weighted by molar-refractivity contribution is 6.04. The topological polar surface area (TPSA) is 82.3 Å². The number of hydrogen-bond donors (Lipinski definition) is 1. The monoisotopic (exact) mass is 344 g/mol. The van der Waals surface area contributed by atoms with Crippen LogP contribution in [0.5, 0.6) is 0 Å².